The van der Waals surface area contributed by atoms with Crippen molar-refractivity contribution in [2.24, 2.45) is 0 Å². The van der Waals surface area contributed by atoms with E-state index in [0.717, 1.165) is 16.9 Å². The highest BCUT2D eigenvalue weighted by Gasteiger charge is 1.94. The fourth-order valence-electron chi connectivity index (χ4n) is 0.923. The zero-order chi connectivity index (χ0) is 11.7. The molecule has 0 bridgehead atoms. The van der Waals surface area contributed by atoms with E-state index in [9.17, 15) is 0 Å². The zero-order valence-electron chi connectivity index (χ0n) is 9.49. The van der Waals surface area contributed by atoms with Crippen LogP contribution in [0.3, 0.4) is 0 Å². The summed E-state index contributed by atoms with van der Waals surface area (Å²) < 4.78 is 5.03. The van der Waals surface area contributed by atoms with Crippen molar-refractivity contribution in [2.45, 2.75) is 6.92 Å². The lowest BCUT2D eigenvalue weighted by molar-refractivity contribution is 0.415. The molecular formula is C14H18O. The molecule has 1 aromatic carbocycles. The Morgan fingerprint density at radius 1 is 1.20 bits per heavy atom. The normalized spacial score (nSPS) is 8.13. The van der Waals surface area contributed by atoms with Gasteiger partial charge in [-0.15, -0.1) is 6.58 Å². The van der Waals surface area contributed by atoms with Gasteiger partial charge in [0.25, 0.3) is 0 Å². The Bertz CT molecular complexity index is 320. The van der Waals surface area contributed by atoms with Crippen molar-refractivity contribution < 1.29 is 4.74 Å². The highest BCUT2D eigenvalue weighted by Crippen LogP contribution is 2.17. The van der Waals surface area contributed by atoms with Crippen molar-refractivity contribution in [3.63, 3.8) is 0 Å². The number of allylic oxidation sites excluding steroid dienone is 3. The zero-order valence-corrected chi connectivity index (χ0v) is 9.49. The van der Waals surface area contributed by atoms with Crippen LogP contribution in [0.15, 0.2) is 56.2 Å². The molecule has 0 aliphatic heterocycles. The lowest BCUT2D eigenvalue weighted by Gasteiger charge is -2.01. The molecule has 0 amide bonds. The summed E-state index contributed by atoms with van der Waals surface area (Å²) >= 11 is 0. The molecule has 0 spiro atoms. The molecular weight excluding hydrogens is 184 g/mol. The first-order valence-corrected chi connectivity index (χ1v) is 4.72. The molecule has 0 saturated carbocycles. The van der Waals surface area contributed by atoms with E-state index in [1.165, 1.54) is 0 Å². The van der Waals surface area contributed by atoms with Crippen molar-refractivity contribution in [3.8, 4) is 5.75 Å². The maximum Gasteiger partial charge on any atom is 0.118 e. The van der Waals surface area contributed by atoms with Gasteiger partial charge in [-0.3, -0.25) is 0 Å². The summed E-state index contributed by atoms with van der Waals surface area (Å²) in [5.74, 6) is 0.857. The van der Waals surface area contributed by atoms with Gasteiger partial charge in [0.1, 0.15) is 5.75 Å². The standard InChI is InChI=1S/C11H12O.C3H6/c1-4-9(2)10-5-7-11(12-3)8-6-10;1-3-2/h4-8H,1-2H2,3H3;3H,1H2,2H3. The van der Waals surface area contributed by atoms with Crippen LogP contribution in [-0.2, 0) is 0 Å². The van der Waals surface area contributed by atoms with Gasteiger partial charge in [0.15, 0.2) is 0 Å². The molecule has 0 aliphatic rings. The minimum atomic E-state index is 0.857. The summed E-state index contributed by atoms with van der Waals surface area (Å²) in [5, 5.41) is 0. The molecule has 1 nitrogen and oxygen atoms in total. The predicted octanol–water partition coefficient (Wildman–Crippen LogP) is 4.09. The molecule has 1 rings (SSSR count). The Kier molecular flexibility index (Phi) is 6.73. The van der Waals surface area contributed by atoms with E-state index in [1.807, 2.05) is 31.2 Å². The van der Waals surface area contributed by atoms with Crippen LogP contribution >= 0.6 is 0 Å². The van der Waals surface area contributed by atoms with Crippen molar-refractivity contribution in [1.82, 2.24) is 0 Å². The largest absolute Gasteiger partial charge is 0.497 e. The van der Waals surface area contributed by atoms with Gasteiger partial charge in [0, 0.05) is 0 Å². The van der Waals surface area contributed by atoms with Gasteiger partial charge in [-0.2, -0.15) is 0 Å². The molecule has 1 aromatic rings. The molecule has 0 atom stereocenters. The van der Waals surface area contributed by atoms with Crippen LogP contribution in [0.25, 0.3) is 5.57 Å². The van der Waals surface area contributed by atoms with E-state index in [2.05, 4.69) is 19.7 Å². The molecule has 0 unspecified atom stereocenters. The number of rotatable bonds is 3. The highest BCUT2D eigenvalue weighted by molar-refractivity contribution is 5.71. The second-order valence-corrected chi connectivity index (χ2v) is 2.87. The Morgan fingerprint density at radius 2 is 1.67 bits per heavy atom. The van der Waals surface area contributed by atoms with Crippen LogP contribution in [-0.4, -0.2) is 7.11 Å². The van der Waals surface area contributed by atoms with Gasteiger partial charge >= 0.3 is 0 Å². The maximum atomic E-state index is 5.03. The first-order chi connectivity index (χ1) is 7.19. The third kappa shape index (κ3) is 4.87. The van der Waals surface area contributed by atoms with E-state index in [0.29, 0.717) is 0 Å². The topological polar surface area (TPSA) is 9.23 Å². The van der Waals surface area contributed by atoms with Gasteiger partial charge in [-0.25, -0.2) is 0 Å². The molecule has 15 heavy (non-hydrogen) atoms. The smallest absolute Gasteiger partial charge is 0.118 e. The SMILES string of the molecule is C=CC.C=CC(=C)c1ccc(OC)cc1. The fraction of sp³-hybridized carbons (Fsp3) is 0.143. The van der Waals surface area contributed by atoms with Crippen LogP contribution < -0.4 is 4.74 Å². The summed E-state index contributed by atoms with van der Waals surface area (Å²) in [4.78, 5) is 0. The second-order valence-electron chi connectivity index (χ2n) is 2.87. The summed E-state index contributed by atoms with van der Waals surface area (Å²) in [6.45, 7) is 12.7. The predicted molar refractivity (Wildman–Crippen MR) is 68.1 cm³/mol. The second kappa shape index (κ2) is 7.63. The highest BCUT2D eigenvalue weighted by atomic mass is 16.5. The summed E-state index contributed by atoms with van der Waals surface area (Å²) in [7, 11) is 1.65. The van der Waals surface area contributed by atoms with Crippen molar-refractivity contribution in [2.75, 3.05) is 7.11 Å². The fourth-order valence-corrected chi connectivity index (χ4v) is 0.923. The summed E-state index contributed by atoms with van der Waals surface area (Å²) in [5.41, 5.74) is 2.00. The Morgan fingerprint density at radius 3 is 2.00 bits per heavy atom. The van der Waals surface area contributed by atoms with Crippen molar-refractivity contribution in [3.05, 3.63) is 61.7 Å². The first-order valence-electron chi connectivity index (χ1n) is 4.72. The maximum absolute atomic E-state index is 5.03. The van der Waals surface area contributed by atoms with E-state index in [4.69, 9.17) is 4.74 Å². The average molecular weight is 202 g/mol. The monoisotopic (exact) mass is 202 g/mol. The van der Waals surface area contributed by atoms with Crippen LogP contribution in [0.5, 0.6) is 5.75 Å². The number of benzene rings is 1. The quantitative estimate of drug-likeness (QED) is 0.530. The number of hydrogen-bond acceptors (Lipinski definition) is 1. The van der Waals surface area contributed by atoms with E-state index in [1.54, 1.807) is 19.3 Å². The van der Waals surface area contributed by atoms with Gasteiger partial charge in [-0.1, -0.05) is 37.4 Å². The molecule has 0 heterocycles. The average Bonchev–Trinajstić information content (AvgIpc) is 2.29. The molecule has 0 fully saturated rings. The minimum Gasteiger partial charge on any atom is -0.497 e. The van der Waals surface area contributed by atoms with Gasteiger partial charge < -0.3 is 4.74 Å². The molecule has 80 valence electrons. The van der Waals surface area contributed by atoms with E-state index < -0.39 is 0 Å². The molecule has 0 radical (unpaired) electrons. The Hall–Kier alpha value is -1.76. The summed E-state index contributed by atoms with van der Waals surface area (Å²) in [6, 6.07) is 7.74. The minimum absolute atomic E-state index is 0.857. The van der Waals surface area contributed by atoms with Gasteiger partial charge in [0.2, 0.25) is 0 Å². The van der Waals surface area contributed by atoms with E-state index >= 15 is 0 Å². The molecule has 1 heteroatoms. The van der Waals surface area contributed by atoms with Crippen LogP contribution in [0.4, 0.5) is 0 Å². The Balaban J connectivity index is 0.000000583. The molecule has 0 N–H and O–H groups in total. The summed E-state index contributed by atoms with van der Waals surface area (Å²) in [6.07, 6.45) is 3.49. The molecule has 0 saturated heterocycles. The number of hydrogen-bond donors (Lipinski definition) is 0. The third-order valence-corrected chi connectivity index (χ3v) is 1.71. The van der Waals surface area contributed by atoms with Gasteiger partial charge in [0.05, 0.1) is 7.11 Å². The van der Waals surface area contributed by atoms with E-state index in [-0.39, 0.29) is 0 Å². The van der Waals surface area contributed by atoms with Crippen LogP contribution in [0.1, 0.15) is 12.5 Å². The van der Waals surface area contributed by atoms with Crippen molar-refractivity contribution >= 4 is 5.57 Å². The first kappa shape index (κ1) is 13.2. The number of ether oxygens (including phenoxy) is 1. The third-order valence-electron chi connectivity index (χ3n) is 1.71. The lowest BCUT2D eigenvalue weighted by atomic mass is 10.1. The lowest BCUT2D eigenvalue weighted by Crippen LogP contribution is -1.83. The van der Waals surface area contributed by atoms with Crippen LogP contribution in [0, 0.1) is 0 Å². The number of methoxy groups -OCH3 is 1. The van der Waals surface area contributed by atoms with Crippen molar-refractivity contribution in [1.29, 1.82) is 0 Å². The molecule has 0 aliphatic carbocycles. The molecule has 0 aromatic heterocycles. The Labute approximate surface area is 92.4 Å². The van der Waals surface area contributed by atoms with Gasteiger partial charge in [-0.05, 0) is 30.2 Å². The van der Waals surface area contributed by atoms with Crippen LogP contribution in [0.2, 0.25) is 0 Å².